The third-order valence-electron chi connectivity index (χ3n) is 2.48. The van der Waals surface area contributed by atoms with Gasteiger partial charge in [-0.3, -0.25) is 0 Å². The van der Waals surface area contributed by atoms with Crippen molar-refractivity contribution in [3.63, 3.8) is 0 Å². The summed E-state index contributed by atoms with van der Waals surface area (Å²) < 4.78 is 4.62. The first kappa shape index (κ1) is 12.1. The minimum absolute atomic E-state index is 0.258. The highest BCUT2D eigenvalue weighted by Crippen LogP contribution is 2.17. The number of benzene rings is 1. The molecule has 2 rings (SSSR count). The monoisotopic (exact) mass is 247 g/mol. The van der Waals surface area contributed by atoms with Crippen LogP contribution in [0.4, 0.5) is 5.69 Å². The molecule has 0 bridgehead atoms. The molecule has 1 heterocycles. The first-order chi connectivity index (χ1) is 8.66. The molecule has 1 aromatic heterocycles. The molecular formula is C12H13N3O3. The lowest BCUT2D eigenvalue weighted by Crippen LogP contribution is -2.10. The summed E-state index contributed by atoms with van der Waals surface area (Å²) in [5.41, 5.74) is 1.86. The summed E-state index contributed by atoms with van der Waals surface area (Å²) >= 11 is 0. The largest absolute Gasteiger partial charge is 0.478 e. The molecule has 0 saturated carbocycles. The fourth-order valence-electron chi connectivity index (χ4n) is 1.60. The quantitative estimate of drug-likeness (QED) is 0.836. The summed E-state index contributed by atoms with van der Waals surface area (Å²) in [4.78, 5) is 14.9. The number of aryl methyl sites for hydroxylation is 1. The molecule has 0 aliphatic rings. The zero-order valence-electron chi connectivity index (χ0n) is 9.88. The van der Waals surface area contributed by atoms with Gasteiger partial charge in [-0.15, -0.1) is 0 Å². The van der Waals surface area contributed by atoms with Gasteiger partial charge in [-0.05, 0) is 24.6 Å². The van der Waals surface area contributed by atoms with Crippen LogP contribution in [0.3, 0.4) is 0 Å². The van der Waals surface area contributed by atoms with Gasteiger partial charge in [-0.25, -0.2) is 4.79 Å². The Bertz CT molecular complexity index is 538. The normalized spacial score (nSPS) is 10.3. The first-order valence-corrected chi connectivity index (χ1v) is 5.50. The smallest absolute Gasteiger partial charge is 0.337 e. The highest BCUT2D eigenvalue weighted by atomic mass is 16.5. The molecule has 0 spiro atoms. The zero-order chi connectivity index (χ0) is 13.0. The number of carbonyl (C=O) groups is 1. The second-order valence-electron chi connectivity index (χ2n) is 3.88. The molecule has 18 heavy (non-hydrogen) atoms. The molecule has 6 nitrogen and oxygen atoms in total. The number of hydrogen-bond acceptors (Lipinski definition) is 5. The van der Waals surface area contributed by atoms with Crippen molar-refractivity contribution in [1.82, 2.24) is 10.1 Å². The Hall–Kier alpha value is -2.37. The summed E-state index contributed by atoms with van der Waals surface area (Å²) in [5, 5.41) is 15.8. The molecule has 0 aliphatic heterocycles. The van der Waals surface area contributed by atoms with Crippen molar-refractivity contribution < 1.29 is 14.4 Å². The number of anilines is 1. The summed E-state index contributed by atoms with van der Waals surface area (Å²) in [6, 6.07) is 5.17. The van der Waals surface area contributed by atoms with E-state index in [4.69, 9.17) is 5.11 Å². The van der Waals surface area contributed by atoms with Crippen LogP contribution in [0.5, 0.6) is 0 Å². The summed E-state index contributed by atoms with van der Waals surface area (Å²) in [7, 11) is 0. The molecule has 0 fully saturated rings. The van der Waals surface area contributed by atoms with E-state index in [1.807, 2.05) is 6.92 Å². The van der Waals surface area contributed by atoms with Gasteiger partial charge in [-0.1, -0.05) is 11.2 Å². The number of carboxylic acid groups (broad SMARTS) is 1. The van der Waals surface area contributed by atoms with Crippen LogP contribution < -0.4 is 5.32 Å². The second-order valence-corrected chi connectivity index (χ2v) is 3.88. The highest BCUT2D eigenvalue weighted by Gasteiger charge is 2.09. The highest BCUT2D eigenvalue weighted by molar-refractivity contribution is 5.94. The van der Waals surface area contributed by atoms with Crippen LogP contribution in [0.1, 0.15) is 21.7 Å². The number of aromatic nitrogens is 2. The van der Waals surface area contributed by atoms with Gasteiger partial charge in [0.2, 0.25) is 6.39 Å². The third kappa shape index (κ3) is 2.85. The summed E-state index contributed by atoms with van der Waals surface area (Å²) in [6.07, 6.45) is 1.84. The lowest BCUT2D eigenvalue weighted by atomic mass is 10.1. The lowest BCUT2D eigenvalue weighted by molar-refractivity contribution is 0.0698. The number of aromatic carboxylic acids is 1. The minimum atomic E-state index is -0.947. The Morgan fingerprint density at radius 1 is 1.50 bits per heavy atom. The van der Waals surface area contributed by atoms with Crippen LogP contribution in [-0.2, 0) is 6.42 Å². The topological polar surface area (TPSA) is 88.2 Å². The fourth-order valence-corrected chi connectivity index (χ4v) is 1.60. The maximum atomic E-state index is 11.0. The van der Waals surface area contributed by atoms with Gasteiger partial charge in [0.1, 0.15) is 0 Å². The van der Waals surface area contributed by atoms with E-state index in [2.05, 4.69) is 20.0 Å². The Balaban J connectivity index is 2.03. The van der Waals surface area contributed by atoms with E-state index in [1.54, 1.807) is 18.2 Å². The molecule has 94 valence electrons. The Morgan fingerprint density at radius 2 is 2.33 bits per heavy atom. The first-order valence-electron chi connectivity index (χ1n) is 5.50. The molecular weight excluding hydrogens is 234 g/mol. The van der Waals surface area contributed by atoms with Gasteiger partial charge in [0, 0.05) is 18.7 Å². The number of rotatable bonds is 5. The summed E-state index contributed by atoms with van der Waals surface area (Å²) in [5.74, 6) is -0.357. The van der Waals surface area contributed by atoms with Gasteiger partial charge in [0.05, 0.1) is 5.56 Å². The van der Waals surface area contributed by atoms with Crippen LogP contribution in [0.25, 0.3) is 0 Å². The van der Waals surface area contributed by atoms with Crippen LogP contribution in [0.2, 0.25) is 0 Å². The van der Waals surface area contributed by atoms with Crippen LogP contribution >= 0.6 is 0 Å². The van der Waals surface area contributed by atoms with E-state index < -0.39 is 5.97 Å². The van der Waals surface area contributed by atoms with Gasteiger partial charge in [0.15, 0.2) is 5.82 Å². The maximum Gasteiger partial charge on any atom is 0.337 e. The second kappa shape index (κ2) is 5.31. The average Bonchev–Trinajstić information content (AvgIpc) is 2.82. The molecule has 2 aromatic rings. The van der Waals surface area contributed by atoms with Crippen molar-refractivity contribution in [1.29, 1.82) is 0 Å². The average molecular weight is 247 g/mol. The molecule has 2 N–H and O–H groups in total. The number of carboxylic acids is 1. The van der Waals surface area contributed by atoms with E-state index in [0.717, 1.165) is 5.56 Å². The SMILES string of the molecule is Cc1ccc(C(=O)O)c(NCCc2ncon2)c1. The molecule has 0 amide bonds. The maximum absolute atomic E-state index is 11.0. The number of nitrogens with one attached hydrogen (secondary N) is 1. The summed E-state index contributed by atoms with van der Waals surface area (Å²) in [6.45, 7) is 2.46. The van der Waals surface area contributed by atoms with Crippen molar-refractivity contribution in [2.24, 2.45) is 0 Å². The predicted molar refractivity (Wildman–Crippen MR) is 64.6 cm³/mol. The predicted octanol–water partition coefficient (Wildman–Crippen LogP) is 1.73. The van der Waals surface area contributed by atoms with E-state index in [1.165, 1.54) is 6.39 Å². The molecule has 0 radical (unpaired) electrons. The van der Waals surface area contributed by atoms with E-state index in [-0.39, 0.29) is 5.56 Å². The van der Waals surface area contributed by atoms with E-state index >= 15 is 0 Å². The van der Waals surface area contributed by atoms with Gasteiger partial charge >= 0.3 is 5.97 Å². The Kier molecular flexibility index (Phi) is 3.57. The van der Waals surface area contributed by atoms with Crippen LogP contribution in [0.15, 0.2) is 29.1 Å². The van der Waals surface area contributed by atoms with E-state index in [0.29, 0.717) is 24.5 Å². The Labute approximate surface area is 104 Å². The molecule has 1 aromatic carbocycles. The van der Waals surface area contributed by atoms with Crippen molar-refractivity contribution in [3.05, 3.63) is 41.5 Å². The van der Waals surface area contributed by atoms with E-state index in [9.17, 15) is 4.79 Å². The number of nitrogens with zero attached hydrogens (tertiary/aromatic N) is 2. The minimum Gasteiger partial charge on any atom is -0.478 e. The number of hydrogen-bond donors (Lipinski definition) is 2. The van der Waals surface area contributed by atoms with Crippen molar-refractivity contribution in [2.45, 2.75) is 13.3 Å². The molecule has 6 heteroatoms. The zero-order valence-corrected chi connectivity index (χ0v) is 9.88. The van der Waals surface area contributed by atoms with Crippen LogP contribution in [0, 0.1) is 6.92 Å². The van der Waals surface area contributed by atoms with Gasteiger partial charge in [-0.2, -0.15) is 4.98 Å². The Morgan fingerprint density at radius 3 is 3.00 bits per heavy atom. The van der Waals surface area contributed by atoms with Crippen molar-refractivity contribution >= 4 is 11.7 Å². The van der Waals surface area contributed by atoms with Crippen LogP contribution in [-0.4, -0.2) is 27.8 Å². The molecule has 0 unspecified atom stereocenters. The molecule has 0 atom stereocenters. The molecule has 0 aliphatic carbocycles. The molecule has 0 saturated heterocycles. The third-order valence-corrected chi connectivity index (χ3v) is 2.48. The standard InChI is InChI=1S/C12H13N3O3/c1-8-2-3-9(12(16)17)10(6-8)13-5-4-11-14-7-18-15-11/h2-3,6-7,13H,4-5H2,1H3,(H,16,17). The van der Waals surface area contributed by atoms with Gasteiger partial charge in [0.25, 0.3) is 0 Å². The van der Waals surface area contributed by atoms with Crippen molar-refractivity contribution in [2.75, 3.05) is 11.9 Å². The lowest BCUT2D eigenvalue weighted by Gasteiger charge is -2.09. The van der Waals surface area contributed by atoms with Crippen molar-refractivity contribution in [3.8, 4) is 0 Å². The fraction of sp³-hybridized carbons (Fsp3) is 0.250. The van der Waals surface area contributed by atoms with Gasteiger partial charge < -0.3 is 14.9 Å².